The minimum Gasteiger partial charge on any atom is -0.510 e. The van der Waals surface area contributed by atoms with E-state index in [0.717, 1.165) is 23.2 Å². The number of carbonyl (C=O) groups excluding carboxylic acids is 3. The fourth-order valence-electron chi connectivity index (χ4n) is 6.66. The number of hydrogen-bond donors (Lipinski definition) is 5. The van der Waals surface area contributed by atoms with E-state index in [-0.39, 0.29) is 22.6 Å². The number of carbonyl (C=O) groups is 3. The molecule has 0 radical (unpaired) electrons. The molecule has 0 aromatic heterocycles. The molecule has 1 fully saturated rings. The number of nitrogens with one attached hydrogen (secondary N) is 1. The molecule has 9 nitrogen and oxygen atoms in total. The molecule has 0 bridgehead atoms. The quantitative estimate of drug-likeness (QED) is 0.274. The van der Waals surface area contributed by atoms with Gasteiger partial charge in [-0.15, -0.1) is 0 Å². The van der Waals surface area contributed by atoms with Crippen molar-refractivity contribution in [3.63, 3.8) is 0 Å². The summed E-state index contributed by atoms with van der Waals surface area (Å²) in [5.74, 6) is -5.78. The first-order valence-corrected chi connectivity index (χ1v) is 13.5. The summed E-state index contributed by atoms with van der Waals surface area (Å²) >= 11 is 0. The SMILES string of the molecule is CC(C)NCc1ccc(-c2ccc(O)c3c2CC2CC4C(C(=O)C(C(N)=O)=C(O)[C@H]4N(C)C)C(=O)C2=C3O)cc1. The normalized spacial score (nSPS) is 24.4. The highest BCUT2D eigenvalue weighted by molar-refractivity contribution is 6.28. The molecular weight excluding hydrogens is 510 g/mol. The van der Waals surface area contributed by atoms with Gasteiger partial charge in [0.25, 0.3) is 5.91 Å². The highest BCUT2D eigenvalue weighted by Gasteiger charge is 2.55. The molecule has 40 heavy (non-hydrogen) atoms. The number of aromatic hydroxyl groups is 1. The maximum absolute atomic E-state index is 13.9. The highest BCUT2D eigenvalue weighted by Crippen LogP contribution is 2.51. The summed E-state index contributed by atoms with van der Waals surface area (Å²) in [7, 11) is 3.40. The molecule has 2 aromatic rings. The van der Waals surface area contributed by atoms with E-state index in [1.165, 1.54) is 6.07 Å². The Morgan fingerprint density at radius 2 is 1.73 bits per heavy atom. The van der Waals surface area contributed by atoms with Crippen LogP contribution in [0, 0.1) is 17.8 Å². The van der Waals surface area contributed by atoms with Crippen molar-refractivity contribution >= 4 is 23.2 Å². The first kappa shape index (κ1) is 27.6. The number of rotatable bonds is 6. The average Bonchev–Trinajstić information content (AvgIpc) is 2.87. The average molecular weight is 546 g/mol. The number of phenols is 1. The Morgan fingerprint density at radius 3 is 2.33 bits per heavy atom. The van der Waals surface area contributed by atoms with E-state index >= 15 is 0 Å². The number of amides is 1. The lowest BCUT2D eigenvalue weighted by Crippen LogP contribution is -2.55. The summed E-state index contributed by atoms with van der Waals surface area (Å²) in [6.45, 7) is 4.90. The number of allylic oxidation sites excluding steroid dienone is 1. The van der Waals surface area contributed by atoms with Crippen LogP contribution >= 0.6 is 0 Å². The number of primary amides is 1. The van der Waals surface area contributed by atoms with Gasteiger partial charge < -0.3 is 26.4 Å². The standard InChI is InChI=1S/C31H35N3O6/c1-14(2)33-13-15-5-7-16(8-6-15)18-9-10-21(35)23-19(18)11-17-12-20-24(28(37)22(17)27(23)36)29(38)25(31(32)40)30(39)26(20)34(3)4/h5-10,14,17,20,24,26,33,35-36,39H,11-13H2,1-4H3,(H2,32,40)/t17?,20?,24?,26-/m0/s1. The highest BCUT2D eigenvalue weighted by atomic mass is 16.3. The van der Waals surface area contributed by atoms with Crippen LogP contribution in [0.3, 0.4) is 0 Å². The van der Waals surface area contributed by atoms with Gasteiger partial charge in [0.1, 0.15) is 22.8 Å². The second kappa shape index (κ2) is 10.2. The van der Waals surface area contributed by atoms with E-state index in [0.29, 0.717) is 24.4 Å². The summed E-state index contributed by atoms with van der Waals surface area (Å²) in [5, 5.41) is 36.5. The third-order valence-electron chi connectivity index (χ3n) is 8.43. The van der Waals surface area contributed by atoms with Crippen molar-refractivity contribution in [3.05, 3.63) is 70.0 Å². The predicted molar refractivity (Wildman–Crippen MR) is 150 cm³/mol. The van der Waals surface area contributed by atoms with Crippen molar-refractivity contribution in [2.75, 3.05) is 14.1 Å². The smallest absolute Gasteiger partial charge is 0.255 e. The molecule has 0 aliphatic heterocycles. The molecule has 3 aliphatic rings. The van der Waals surface area contributed by atoms with Crippen molar-refractivity contribution < 1.29 is 29.7 Å². The van der Waals surface area contributed by atoms with Crippen LogP contribution in [0.2, 0.25) is 0 Å². The maximum Gasteiger partial charge on any atom is 0.255 e. The number of benzene rings is 2. The van der Waals surface area contributed by atoms with Gasteiger partial charge in [0.15, 0.2) is 11.6 Å². The van der Waals surface area contributed by atoms with Crippen LogP contribution in [0.4, 0.5) is 0 Å². The van der Waals surface area contributed by atoms with Crippen molar-refractivity contribution in [3.8, 4) is 16.9 Å². The lowest BCUT2D eigenvalue weighted by atomic mass is 9.59. The lowest BCUT2D eigenvalue weighted by Gasteiger charge is -2.46. The second-order valence-electron chi connectivity index (χ2n) is 11.5. The van der Waals surface area contributed by atoms with Crippen LogP contribution in [0.5, 0.6) is 5.75 Å². The van der Waals surface area contributed by atoms with Gasteiger partial charge in [-0.1, -0.05) is 44.2 Å². The zero-order chi connectivity index (χ0) is 29.0. The molecule has 1 saturated carbocycles. The van der Waals surface area contributed by atoms with Gasteiger partial charge in [-0.05, 0) is 67.1 Å². The Labute approximate surface area is 233 Å². The zero-order valence-electron chi connectivity index (χ0n) is 23.1. The van der Waals surface area contributed by atoms with E-state index in [1.54, 1.807) is 19.0 Å². The molecule has 9 heteroatoms. The summed E-state index contributed by atoms with van der Waals surface area (Å²) in [6.07, 6.45) is 0.667. The van der Waals surface area contributed by atoms with Crippen molar-refractivity contribution in [2.24, 2.45) is 23.5 Å². The number of likely N-dealkylation sites (N-methyl/N-ethyl adjacent to an activating group) is 1. The Morgan fingerprint density at radius 1 is 1.05 bits per heavy atom. The number of ketones is 2. The van der Waals surface area contributed by atoms with Crippen LogP contribution in [0.1, 0.15) is 37.0 Å². The summed E-state index contributed by atoms with van der Waals surface area (Å²) in [4.78, 5) is 41.0. The Balaban J connectivity index is 1.59. The molecule has 2 aromatic carbocycles. The van der Waals surface area contributed by atoms with E-state index in [4.69, 9.17) is 5.73 Å². The molecule has 3 aliphatic carbocycles. The van der Waals surface area contributed by atoms with E-state index in [2.05, 4.69) is 19.2 Å². The number of nitrogens with two attached hydrogens (primary N) is 1. The second-order valence-corrected chi connectivity index (χ2v) is 11.5. The molecule has 1 amide bonds. The topological polar surface area (TPSA) is 153 Å². The number of nitrogens with zero attached hydrogens (tertiary/aromatic N) is 1. The Hall–Kier alpha value is -3.95. The fraction of sp³-hybridized carbons (Fsp3) is 0.387. The fourth-order valence-corrected chi connectivity index (χ4v) is 6.66. The largest absolute Gasteiger partial charge is 0.510 e. The van der Waals surface area contributed by atoms with Crippen molar-refractivity contribution in [1.29, 1.82) is 0 Å². The van der Waals surface area contributed by atoms with Gasteiger partial charge in [0.2, 0.25) is 0 Å². The molecule has 0 spiro atoms. The van der Waals surface area contributed by atoms with Crippen molar-refractivity contribution in [1.82, 2.24) is 10.2 Å². The first-order valence-electron chi connectivity index (χ1n) is 13.5. The number of Topliss-reactive ketones (excluding diaryl/α,β-unsaturated/α-hetero) is 2. The molecular formula is C31H35N3O6. The summed E-state index contributed by atoms with van der Waals surface area (Å²) in [5.41, 5.74) is 8.69. The molecule has 0 heterocycles. The van der Waals surface area contributed by atoms with Crippen LogP contribution in [0.15, 0.2) is 53.3 Å². The minimum absolute atomic E-state index is 0.0763. The van der Waals surface area contributed by atoms with Crippen molar-refractivity contribution in [2.45, 2.75) is 45.3 Å². The molecule has 0 saturated heterocycles. The van der Waals surface area contributed by atoms with Gasteiger partial charge in [-0.3, -0.25) is 19.3 Å². The summed E-state index contributed by atoms with van der Waals surface area (Å²) in [6, 6.07) is 11.0. The summed E-state index contributed by atoms with van der Waals surface area (Å²) < 4.78 is 0. The van der Waals surface area contributed by atoms with Gasteiger partial charge in [-0.2, -0.15) is 0 Å². The van der Waals surface area contributed by atoms with E-state index in [1.807, 2.05) is 30.3 Å². The molecule has 5 rings (SSSR count). The van der Waals surface area contributed by atoms with E-state index < -0.39 is 52.6 Å². The Bertz CT molecular complexity index is 1470. The van der Waals surface area contributed by atoms with Gasteiger partial charge in [0, 0.05) is 18.2 Å². The Kier molecular flexibility index (Phi) is 7.06. The molecule has 4 atom stereocenters. The van der Waals surface area contributed by atoms with Crippen LogP contribution < -0.4 is 11.1 Å². The third kappa shape index (κ3) is 4.39. The molecule has 3 unspecified atom stereocenters. The van der Waals surface area contributed by atoms with Crippen LogP contribution in [-0.4, -0.2) is 63.9 Å². The maximum atomic E-state index is 13.9. The lowest BCUT2D eigenvalue weighted by molar-refractivity contribution is -0.136. The number of fused-ring (bicyclic) bond motifs is 3. The van der Waals surface area contributed by atoms with Crippen LogP contribution in [-0.2, 0) is 27.3 Å². The third-order valence-corrected chi connectivity index (χ3v) is 8.43. The monoisotopic (exact) mass is 545 g/mol. The number of aliphatic hydroxyl groups excluding tert-OH is 2. The van der Waals surface area contributed by atoms with E-state index in [9.17, 15) is 29.7 Å². The minimum atomic E-state index is -1.27. The molecule has 6 N–H and O–H groups in total. The molecule has 210 valence electrons. The van der Waals surface area contributed by atoms with Gasteiger partial charge >= 0.3 is 0 Å². The number of aliphatic hydroxyl groups is 2. The number of phenolic OH excluding ortho intramolecular Hbond substituents is 1. The predicted octanol–water partition coefficient (Wildman–Crippen LogP) is 3.01. The van der Waals surface area contributed by atoms with Crippen LogP contribution in [0.25, 0.3) is 16.9 Å². The van der Waals surface area contributed by atoms with Gasteiger partial charge in [-0.25, -0.2) is 0 Å². The zero-order valence-corrected chi connectivity index (χ0v) is 23.1. The number of hydrogen-bond acceptors (Lipinski definition) is 8. The van der Waals surface area contributed by atoms with Gasteiger partial charge in [0.05, 0.1) is 17.5 Å². The first-order chi connectivity index (χ1) is 18.9.